The second-order valence-electron chi connectivity index (χ2n) is 6.02. The van der Waals surface area contributed by atoms with Crippen molar-refractivity contribution in [3.05, 3.63) is 69.2 Å². The van der Waals surface area contributed by atoms with Crippen molar-refractivity contribution in [2.24, 2.45) is 0 Å². The van der Waals surface area contributed by atoms with Gasteiger partial charge >= 0.3 is 5.97 Å². The fourth-order valence-electron chi connectivity index (χ4n) is 2.54. The van der Waals surface area contributed by atoms with E-state index >= 15 is 0 Å². The topological polar surface area (TPSA) is 122 Å². The average molecular weight is 460 g/mol. The quantitative estimate of drug-likeness (QED) is 0.403. The van der Waals surface area contributed by atoms with E-state index in [1.165, 1.54) is 25.2 Å². The smallest absolute Gasteiger partial charge is 0.338 e. The van der Waals surface area contributed by atoms with Crippen LogP contribution in [0.25, 0.3) is 0 Å². The van der Waals surface area contributed by atoms with Crippen molar-refractivity contribution in [2.45, 2.75) is 0 Å². The molecule has 0 spiro atoms. The van der Waals surface area contributed by atoms with Gasteiger partial charge in [-0.25, -0.2) is 4.79 Å². The molecule has 2 aromatic carbocycles. The van der Waals surface area contributed by atoms with Crippen LogP contribution in [0.3, 0.4) is 0 Å². The zero-order valence-corrected chi connectivity index (χ0v) is 16.6. The van der Waals surface area contributed by atoms with E-state index < -0.39 is 36.2 Å². The lowest BCUT2D eigenvalue weighted by atomic mass is 10.1. The maximum Gasteiger partial charge on any atom is 0.338 e. The molecule has 0 radical (unpaired) electrons. The van der Waals surface area contributed by atoms with E-state index in [-0.39, 0.29) is 16.7 Å². The van der Waals surface area contributed by atoms with Crippen LogP contribution >= 0.6 is 15.9 Å². The molecule has 10 heteroatoms. The normalized spacial score (nSPS) is 12.4. The average Bonchev–Trinajstić information content (AvgIpc) is 2.94. The number of hydrogen-bond acceptors (Lipinski definition) is 6. The van der Waals surface area contributed by atoms with Gasteiger partial charge in [-0.15, -0.1) is 0 Å². The third-order valence-corrected chi connectivity index (χ3v) is 4.61. The standard InChI is InChI=1S/C19H14BrN3O6/c1-23-17(26)13-7-4-11(8-14(13)18(23)27)19(28)29-9-15(24)21-22-16(25)10-2-5-12(20)6-3-10/h2-8H,9H2,1H3,(H,21,24)(H,22,25). The van der Waals surface area contributed by atoms with Gasteiger partial charge < -0.3 is 4.74 Å². The Balaban J connectivity index is 1.52. The number of amides is 4. The molecule has 4 amide bonds. The van der Waals surface area contributed by atoms with Gasteiger partial charge in [0.05, 0.1) is 16.7 Å². The molecule has 2 N–H and O–H groups in total. The summed E-state index contributed by atoms with van der Waals surface area (Å²) >= 11 is 3.25. The molecule has 3 rings (SSSR count). The van der Waals surface area contributed by atoms with E-state index in [1.807, 2.05) is 0 Å². The molecule has 0 fully saturated rings. The van der Waals surface area contributed by atoms with Crippen LogP contribution in [0, 0.1) is 0 Å². The highest BCUT2D eigenvalue weighted by Crippen LogP contribution is 2.23. The molecule has 1 aliphatic heterocycles. The van der Waals surface area contributed by atoms with Gasteiger partial charge in [0.25, 0.3) is 23.6 Å². The maximum absolute atomic E-state index is 12.1. The summed E-state index contributed by atoms with van der Waals surface area (Å²) in [5.41, 5.74) is 4.97. The zero-order chi connectivity index (χ0) is 21.1. The first-order valence-electron chi connectivity index (χ1n) is 8.26. The highest BCUT2D eigenvalue weighted by atomic mass is 79.9. The Morgan fingerprint density at radius 1 is 0.931 bits per heavy atom. The van der Waals surface area contributed by atoms with E-state index in [2.05, 4.69) is 26.8 Å². The van der Waals surface area contributed by atoms with Gasteiger partial charge in [0.15, 0.2) is 6.61 Å². The van der Waals surface area contributed by atoms with Crippen molar-refractivity contribution >= 4 is 45.5 Å². The fourth-order valence-corrected chi connectivity index (χ4v) is 2.80. The Morgan fingerprint density at radius 2 is 1.55 bits per heavy atom. The summed E-state index contributed by atoms with van der Waals surface area (Å²) in [5, 5.41) is 0. The summed E-state index contributed by atoms with van der Waals surface area (Å²) in [6, 6.07) is 10.4. The van der Waals surface area contributed by atoms with E-state index in [1.54, 1.807) is 24.3 Å². The number of benzene rings is 2. The second kappa shape index (κ2) is 8.23. The van der Waals surface area contributed by atoms with Crippen LogP contribution in [0.4, 0.5) is 0 Å². The Hall–Kier alpha value is -3.53. The highest BCUT2D eigenvalue weighted by molar-refractivity contribution is 9.10. The number of fused-ring (bicyclic) bond motifs is 1. The monoisotopic (exact) mass is 459 g/mol. The van der Waals surface area contributed by atoms with E-state index in [9.17, 15) is 24.0 Å². The molecule has 148 valence electrons. The minimum absolute atomic E-state index is 0.0203. The Bertz CT molecular complexity index is 1030. The van der Waals surface area contributed by atoms with Gasteiger partial charge in [0, 0.05) is 17.1 Å². The SMILES string of the molecule is CN1C(=O)c2ccc(C(=O)OCC(=O)NNC(=O)c3ccc(Br)cc3)cc2C1=O. The number of carbonyl (C=O) groups is 5. The number of ether oxygens (including phenoxy) is 1. The fraction of sp³-hybridized carbons (Fsp3) is 0.105. The number of hydrogen-bond donors (Lipinski definition) is 2. The third-order valence-electron chi connectivity index (χ3n) is 4.08. The number of halogens is 1. The molecule has 0 saturated carbocycles. The van der Waals surface area contributed by atoms with Crippen LogP contribution in [0.1, 0.15) is 41.4 Å². The first-order chi connectivity index (χ1) is 13.8. The predicted molar refractivity (Wildman–Crippen MR) is 103 cm³/mol. The molecule has 0 saturated heterocycles. The summed E-state index contributed by atoms with van der Waals surface area (Å²) in [6.07, 6.45) is 0. The maximum atomic E-state index is 12.1. The molecule has 29 heavy (non-hydrogen) atoms. The summed E-state index contributed by atoms with van der Waals surface area (Å²) in [4.78, 5) is 60.6. The molecule has 0 unspecified atom stereocenters. The molecule has 1 aliphatic rings. The van der Waals surface area contributed by atoms with Gasteiger partial charge in [-0.2, -0.15) is 0 Å². The molecule has 0 bridgehead atoms. The number of imide groups is 1. The summed E-state index contributed by atoms with van der Waals surface area (Å²) in [6.45, 7) is -0.649. The predicted octanol–water partition coefficient (Wildman–Crippen LogP) is 1.29. The Morgan fingerprint density at radius 3 is 2.24 bits per heavy atom. The van der Waals surface area contributed by atoms with Crippen LogP contribution in [0.5, 0.6) is 0 Å². The lowest BCUT2D eigenvalue weighted by Gasteiger charge is -2.08. The van der Waals surface area contributed by atoms with E-state index in [0.29, 0.717) is 5.56 Å². The third kappa shape index (κ3) is 4.32. The van der Waals surface area contributed by atoms with Crippen LogP contribution in [0.15, 0.2) is 46.9 Å². The molecular formula is C19H14BrN3O6. The molecule has 0 atom stereocenters. The van der Waals surface area contributed by atoms with E-state index in [0.717, 1.165) is 9.37 Å². The van der Waals surface area contributed by atoms with Crippen molar-refractivity contribution in [3.8, 4) is 0 Å². The molecular weight excluding hydrogens is 446 g/mol. The minimum atomic E-state index is -0.850. The minimum Gasteiger partial charge on any atom is -0.452 e. The summed E-state index contributed by atoms with van der Waals surface area (Å²) < 4.78 is 5.67. The van der Waals surface area contributed by atoms with Crippen molar-refractivity contribution in [3.63, 3.8) is 0 Å². The lowest BCUT2D eigenvalue weighted by Crippen LogP contribution is -2.43. The molecule has 1 heterocycles. The second-order valence-corrected chi connectivity index (χ2v) is 6.93. The van der Waals surface area contributed by atoms with Crippen molar-refractivity contribution < 1.29 is 28.7 Å². The largest absolute Gasteiger partial charge is 0.452 e. The van der Waals surface area contributed by atoms with Gasteiger partial charge in [-0.05, 0) is 42.5 Å². The molecule has 0 aromatic heterocycles. The van der Waals surface area contributed by atoms with Crippen LogP contribution in [-0.2, 0) is 9.53 Å². The molecule has 2 aromatic rings. The number of esters is 1. The zero-order valence-electron chi connectivity index (χ0n) is 15.0. The first-order valence-corrected chi connectivity index (χ1v) is 9.05. The van der Waals surface area contributed by atoms with Gasteiger partial charge in [-0.3, -0.25) is 34.9 Å². The highest BCUT2D eigenvalue weighted by Gasteiger charge is 2.33. The number of nitrogens with one attached hydrogen (secondary N) is 2. The van der Waals surface area contributed by atoms with Gasteiger partial charge in [0.1, 0.15) is 0 Å². The Kier molecular flexibility index (Phi) is 5.74. The summed E-state index contributed by atoms with van der Waals surface area (Å²) in [7, 11) is 1.34. The van der Waals surface area contributed by atoms with Crippen molar-refractivity contribution in [2.75, 3.05) is 13.7 Å². The number of carbonyl (C=O) groups excluding carboxylic acids is 5. The van der Waals surface area contributed by atoms with Crippen LogP contribution < -0.4 is 10.9 Å². The lowest BCUT2D eigenvalue weighted by molar-refractivity contribution is -0.125. The van der Waals surface area contributed by atoms with Crippen LogP contribution in [0.2, 0.25) is 0 Å². The molecule has 9 nitrogen and oxygen atoms in total. The van der Waals surface area contributed by atoms with Crippen molar-refractivity contribution in [1.29, 1.82) is 0 Å². The first kappa shape index (κ1) is 20.2. The van der Waals surface area contributed by atoms with Gasteiger partial charge in [-0.1, -0.05) is 15.9 Å². The summed E-state index contributed by atoms with van der Waals surface area (Å²) in [5.74, 6) is -3.12. The van der Waals surface area contributed by atoms with E-state index in [4.69, 9.17) is 4.74 Å². The number of nitrogens with zero attached hydrogens (tertiary/aromatic N) is 1. The number of hydrazine groups is 1. The van der Waals surface area contributed by atoms with Gasteiger partial charge in [0.2, 0.25) is 0 Å². The number of rotatable bonds is 4. The van der Waals surface area contributed by atoms with Crippen molar-refractivity contribution in [1.82, 2.24) is 15.8 Å². The van der Waals surface area contributed by atoms with Crippen LogP contribution in [-0.4, -0.2) is 48.2 Å². The Labute approximate surface area is 173 Å². The molecule has 0 aliphatic carbocycles.